The Labute approximate surface area is 165 Å². The first-order valence-corrected chi connectivity index (χ1v) is 8.60. The van der Waals surface area contributed by atoms with Crippen LogP contribution in [0.5, 0.6) is 0 Å². The number of carbonyl (C=O) groups is 1. The molecule has 0 radical (unpaired) electrons. The molecule has 1 N–H and O–H groups in total. The van der Waals surface area contributed by atoms with Gasteiger partial charge in [-0.1, -0.05) is 53.6 Å². The molecular formula is C21H14ClN3O3. The summed E-state index contributed by atoms with van der Waals surface area (Å²) >= 11 is 5.85. The Bertz CT molecular complexity index is 1170. The van der Waals surface area contributed by atoms with E-state index in [2.05, 4.69) is 5.10 Å². The summed E-state index contributed by atoms with van der Waals surface area (Å²) in [5.41, 5.74) is 0.743. The molecule has 28 heavy (non-hydrogen) atoms. The van der Waals surface area contributed by atoms with Crippen molar-refractivity contribution in [3.05, 3.63) is 91.9 Å². The van der Waals surface area contributed by atoms with Crippen molar-refractivity contribution in [1.82, 2.24) is 9.78 Å². The first-order chi connectivity index (χ1) is 13.4. The van der Waals surface area contributed by atoms with E-state index in [-0.39, 0.29) is 11.1 Å². The zero-order valence-corrected chi connectivity index (χ0v) is 15.5. The highest BCUT2D eigenvalue weighted by Gasteiger charge is 2.21. The molecule has 0 bridgehead atoms. The third kappa shape index (κ3) is 3.85. The molecule has 0 aliphatic heterocycles. The van der Waals surface area contributed by atoms with Crippen LogP contribution in [0, 0.1) is 18.3 Å². The Kier molecular flexibility index (Phi) is 5.39. The summed E-state index contributed by atoms with van der Waals surface area (Å²) in [4.78, 5) is 24.5. The molecule has 7 heteroatoms. The van der Waals surface area contributed by atoms with Crippen molar-refractivity contribution in [3.8, 4) is 11.8 Å². The van der Waals surface area contributed by atoms with Gasteiger partial charge in [0, 0.05) is 10.6 Å². The Balaban J connectivity index is 2.20. The van der Waals surface area contributed by atoms with E-state index < -0.39 is 17.2 Å². The summed E-state index contributed by atoms with van der Waals surface area (Å²) in [6, 6.07) is 15.4. The molecule has 3 aromatic rings. The molecule has 0 fully saturated rings. The first-order valence-electron chi connectivity index (χ1n) is 8.22. The van der Waals surface area contributed by atoms with Gasteiger partial charge in [-0.3, -0.25) is 4.79 Å². The fraction of sp³-hybridized carbons (Fsp3) is 0.0476. The summed E-state index contributed by atoms with van der Waals surface area (Å²) in [5.74, 6) is -1.34. The maximum atomic E-state index is 12.8. The Morgan fingerprint density at radius 3 is 2.36 bits per heavy atom. The van der Waals surface area contributed by atoms with Crippen LogP contribution in [-0.2, 0) is 0 Å². The van der Waals surface area contributed by atoms with Crippen molar-refractivity contribution in [2.45, 2.75) is 6.92 Å². The van der Waals surface area contributed by atoms with Crippen molar-refractivity contribution < 1.29 is 9.90 Å². The van der Waals surface area contributed by atoms with E-state index >= 15 is 0 Å². The van der Waals surface area contributed by atoms with Gasteiger partial charge in [-0.2, -0.15) is 15.0 Å². The molecule has 0 atom stereocenters. The second-order valence-corrected chi connectivity index (χ2v) is 6.43. The molecule has 0 saturated heterocycles. The maximum Gasteiger partial charge on any atom is 0.357 e. The molecule has 0 spiro atoms. The molecule has 138 valence electrons. The van der Waals surface area contributed by atoms with E-state index in [1.54, 1.807) is 18.2 Å². The topological polar surface area (TPSA) is 96.0 Å². The Morgan fingerprint density at radius 2 is 1.79 bits per heavy atom. The van der Waals surface area contributed by atoms with Crippen LogP contribution < -0.4 is 5.56 Å². The first kappa shape index (κ1) is 19.1. The zero-order chi connectivity index (χ0) is 20.3. The third-order valence-electron chi connectivity index (χ3n) is 4.04. The lowest BCUT2D eigenvalue weighted by Gasteiger charge is -2.09. The van der Waals surface area contributed by atoms with Gasteiger partial charge in [-0.05, 0) is 36.8 Å². The maximum absolute atomic E-state index is 12.8. The predicted octanol–water partition coefficient (Wildman–Crippen LogP) is 3.93. The molecule has 6 nitrogen and oxygen atoms in total. The monoisotopic (exact) mass is 391 g/mol. The van der Waals surface area contributed by atoms with E-state index in [0.29, 0.717) is 10.7 Å². The van der Waals surface area contributed by atoms with E-state index in [4.69, 9.17) is 11.6 Å². The average Bonchev–Trinajstić information content (AvgIpc) is 2.68. The van der Waals surface area contributed by atoms with Crippen LogP contribution in [0.4, 0.5) is 0 Å². The highest BCUT2D eigenvalue weighted by molar-refractivity contribution is 6.30. The largest absolute Gasteiger partial charge is 0.476 e. The van der Waals surface area contributed by atoms with Gasteiger partial charge in [0.05, 0.1) is 5.69 Å². The van der Waals surface area contributed by atoms with Crippen LogP contribution in [0.25, 0.3) is 17.8 Å². The molecular weight excluding hydrogens is 378 g/mol. The summed E-state index contributed by atoms with van der Waals surface area (Å²) in [7, 11) is 0. The number of aromatic carboxylic acids is 1. The predicted molar refractivity (Wildman–Crippen MR) is 107 cm³/mol. The zero-order valence-electron chi connectivity index (χ0n) is 14.8. The van der Waals surface area contributed by atoms with Crippen LogP contribution >= 0.6 is 11.6 Å². The van der Waals surface area contributed by atoms with E-state index in [9.17, 15) is 20.0 Å². The van der Waals surface area contributed by atoms with Gasteiger partial charge < -0.3 is 5.11 Å². The number of rotatable bonds is 4. The van der Waals surface area contributed by atoms with Crippen molar-refractivity contribution in [2.75, 3.05) is 0 Å². The number of hydrogen-bond donors (Lipinski definition) is 1. The minimum absolute atomic E-state index is 0.0363. The molecule has 1 aromatic heterocycles. The SMILES string of the molecule is Cc1ccc(/C=C\c2c(C(=O)O)nn(-c3ccc(Cl)cc3)c(=O)c2C#N)cc1. The van der Waals surface area contributed by atoms with E-state index in [1.807, 2.05) is 37.3 Å². The van der Waals surface area contributed by atoms with Crippen molar-refractivity contribution in [1.29, 1.82) is 5.26 Å². The van der Waals surface area contributed by atoms with Crippen LogP contribution in [0.1, 0.15) is 32.7 Å². The van der Waals surface area contributed by atoms with Gasteiger partial charge >= 0.3 is 5.97 Å². The summed E-state index contributed by atoms with van der Waals surface area (Å²) in [5, 5.41) is 23.5. The number of aryl methyl sites for hydroxylation is 1. The summed E-state index contributed by atoms with van der Waals surface area (Å²) in [6.07, 6.45) is 3.06. The Hall–Kier alpha value is -3.69. The van der Waals surface area contributed by atoms with Gasteiger partial charge in [0.2, 0.25) is 0 Å². The fourth-order valence-corrected chi connectivity index (χ4v) is 2.71. The number of hydrogen-bond acceptors (Lipinski definition) is 4. The molecule has 2 aromatic carbocycles. The lowest BCUT2D eigenvalue weighted by atomic mass is 10.1. The fourth-order valence-electron chi connectivity index (χ4n) is 2.58. The van der Waals surface area contributed by atoms with Crippen LogP contribution in [0.3, 0.4) is 0 Å². The number of benzene rings is 2. The minimum atomic E-state index is -1.34. The van der Waals surface area contributed by atoms with Crippen LogP contribution in [0.2, 0.25) is 5.02 Å². The van der Waals surface area contributed by atoms with Gasteiger partial charge in [0.1, 0.15) is 11.6 Å². The van der Waals surface area contributed by atoms with Gasteiger partial charge in [0.15, 0.2) is 5.69 Å². The summed E-state index contributed by atoms with van der Waals surface area (Å²) < 4.78 is 0.890. The number of aromatic nitrogens is 2. The van der Waals surface area contributed by atoms with Crippen molar-refractivity contribution in [3.63, 3.8) is 0 Å². The van der Waals surface area contributed by atoms with Crippen LogP contribution in [-0.4, -0.2) is 20.9 Å². The highest BCUT2D eigenvalue weighted by atomic mass is 35.5. The minimum Gasteiger partial charge on any atom is -0.476 e. The van der Waals surface area contributed by atoms with Crippen LogP contribution in [0.15, 0.2) is 53.3 Å². The normalized spacial score (nSPS) is 10.8. The number of nitrogens with zero attached hydrogens (tertiary/aromatic N) is 3. The van der Waals surface area contributed by atoms with E-state index in [0.717, 1.165) is 15.8 Å². The molecule has 3 rings (SSSR count). The molecule has 0 amide bonds. The highest BCUT2D eigenvalue weighted by Crippen LogP contribution is 2.17. The second-order valence-electron chi connectivity index (χ2n) is 5.99. The number of halogens is 1. The van der Waals surface area contributed by atoms with E-state index in [1.165, 1.54) is 18.2 Å². The van der Waals surface area contributed by atoms with Gasteiger partial charge in [0.25, 0.3) is 5.56 Å². The molecule has 1 heterocycles. The van der Waals surface area contributed by atoms with Gasteiger partial charge in [-0.15, -0.1) is 0 Å². The second kappa shape index (κ2) is 7.91. The molecule has 0 saturated carbocycles. The third-order valence-corrected chi connectivity index (χ3v) is 4.29. The number of carboxylic acid groups (broad SMARTS) is 1. The smallest absolute Gasteiger partial charge is 0.357 e. The molecule has 0 aliphatic rings. The van der Waals surface area contributed by atoms with Crippen molar-refractivity contribution in [2.24, 2.45) is 0 Å². The lowest BCUT2D eigenvalue weighted by Crippen LogP contribution is -2.28. The lowest BCUT2D eigenvalue weighted by molar-refractivity contribution is 0.0688. The van der Waals surface area contributed by atoms with Crippen molar-refractivity contribution >= 4 is 29.7 Å². The number of nitriles is 1. The Morgan fingerprint density at radius 1 is 1.14 bits per heavy atom. The quantitative estimate of drug-likeness (QED) is 0.726. The number of carboxylic acids is 1. The standard InChI is InChI=1S/C21H14ClN3O3/c1-13-2-4-14(5-3-13)6-11-17-18(12-23)20(26)25(24-19(17)21(27)28)16-9-7-15(22)8-10-16/h2-11H,1H3,(H,27,28)/b11-6-. The van der Waals surface area contributed by atoms with Gasteiger partial charge in [-0.25, -0.2) is 4.79 Å². The molecule has 0 unspecified atom stereocenters. The average molecular weight is 392 g/mol. The summed E-state index contributed by atoms with van der Waals surface area (Å²) in [6.45, 7) is 1.95. The molecule has 0 aliphatic carbocycles.